The number of ether oxygens (including phenoxy) is 2. The van der Waals surface area contributed by atoms with Crippen molar-refractivity contribution in [2.75, 3.05) is 32.9 Å². The third-order valence-corrected chi connectivity index (χ3v) is 4.25. The predicted octanol–water partition coefficient (Wildman–Crippen LogP) is 3.37. The van der Waals surface area contributed by atoms with Crippen molar-refractivity contribution in [3.63, 3.8) is 0 Å². The number of carbonyl (C=O) groups excluding carboxylic acids is 1. The van der Waals surface area contributed by atoms with E-state index in [2.05, 4.69) is 52.2 Å². The van der Waals surface area contributed by atoms with Crippen LogP contribution in [0.25, 0.3) is 0 Å². The lowest BCUT2D eigenvalue weighted by molar-refractivity contribution is -0.124. The van der Waals surface area contributed by atoms with Gasteiger partial charge in [-0.1, -0.05) is 41.5 Å². The van der Waals surface area contributed by atoms with Crippen molar-refractivity contribution in [2.45, 2.75) is 80.4 Å². The van der Waals surface area contributed by atoms with Gasteiger partial charge in [-0.15, -0.1) is 0 Å². The van der Waals surface area contributed by atoms with Crippen LogP contribution in [0.15, 0.2) is 0 Å². The zero-order valence-electron chi connectivity index (χ0n) is 17.8. The molecule has 1 amide bonds. The van der Waals surface area contributed by atoms with E-state index in [4.69, 9.17) is 9.47 Å². The molecule has 0 spiro atoms. The Hall–Kier alpha value is -0.650. The van der Waals surface area contributed by atoms with Crippen molar-refractivity contribution in [1.29, 1.82) is 0 Å². The molecule has 0 fully saturated rings. The molecule has 1 unspecified atom stereocenters. The highest BCUT2D eigenvalue weighted by Gasteiger charge is 2.26. The van der Waals surface area contributed by atoms with E-state index in [1.807, 2.05) is 13.8 Å². The third kappa shape index (κ3) is 13.2. The van der Waals surface area contributed by atoms with Gasteiger partial charge in [0.1, 0.15) is 0 Å². The average molecular weight is 359 g/mol. The lowest BCUT2D eigenvalue weighted by Crippen LogP contribution is -2.39. The zero-order valence-corrected chi connectivity index (χ0v) is 17.8. The highest BCUT2D eigenvalue weighted by Crippen LogP contribution is 2.25. The van der Waals surface area contributed by atoms with E-state index in [1.165, 1.54) is 0 Å². The Morgan fingerprint density at radius 2 is 1.72 bits per heavy atom. The molecule has 2 N–H and O–H groups in total. The second-order valence-electron chi connectivity index (χ2n) is 8.80. The molecule has 0 heterocycles. The molecule has 0 aliphatic heterocycles. The number of hydrogen-bond donors (Lipinski definition) is 2. The molecule has 0 aromatic carbocycles. The first-order chi connectivity index (χ1) is 11.5. The normalized spacial score (nSPS) is 14.8. The quantitative estimate of drug-likeness (QED) is 0.467. The summed E-state index contributed by atoms with van der Waals surface area (Å²) < 4.78 is 11.4. The minimum Gasteiger partial charge on any atom is -0.380 e. The van der Waals surface area contributed by atoms with Crippen molar-refractivity contribution in [2.24, 2.45) is 10.8 Å². The Bertz CT molecular complexity index is 370. The van der Waals surface area contributed by atoms with Gasteiger partial charge in [-0.2, -0.15) is 0 Å². The van der Waals surface area contributed by atoms with Crippen LogP contribution in [0.3, 0.4) is 0 Å². The highest BCUT2D eigenvalue weighted by atomic mass is 16.5. The monoisotopic (exact) mass is 358 g/mol. The molecule has 0 aliphatic rings. The van der Waals surface area contributed by atoms with Gasteiger partial charge in [-0.25, -0.2) is 0 Å². The van der Waals surface area contributed by atoms with Gasteiger partial charge in [0.15, 0.2) is 0 Å². The molecule has 25 heavy (non-hydrogen) atoms. The van der Waals surface area contributed by atoms with E-state index in [0.29, 0.717) is 38.8 Å². The number of nitrogens with one attached hydrogen (secondary N) is 2. The summed E-state index contributed by atoms with van der Waals surface area (Å²) in [6, 6.07) is 0.477. The summed E-state index contributed by atoms with van der Waals surface area (Å²) in [5, 5.41) is 6.41. The van der Waals surface area contributed by atoms with E-state index < -0.39 is 0 Å². The standard InChI is InChI=1S/C20H42N2O3/c1-9-20(8,13-22-16(2)3)15-24-14-19(6,7)12-18(23)21-10-11-25-17(4)5/h16-17,22H,9-15H2,1-8H3,(H,21,23). The van der Waals surface area contributed by atoms with Gasteiger partial charge in [0, 0.05) is 31.0 Å². The van der Waals surface area contributed by atoms with Crippen LogP contribution in [0.1, 0.15) is 68.2 Å². The zero-order chi connectivity index (χ0) is 19.5. The number of hydrogen-bond acceptors (Lipinski definition) is 4. The van der Waals surface area contributed by atoms with Crippen LogP contribution in [0.2, 0.25) is 0 Å². The topological polar surface area (TPSA) is 59.6 Å². The summed E-state index contributed by atoms with van der Waals surface area (Å²) in [7, 11) is 0. The Morgan fingerprint density at radius 3 is 2.24 bits per heavy atom. The summed E-state index contributed by atoms with van der Waals surface area (Å²) >= 11 is 0. The maximum Gasteiger partial charge on any atom is 0.220 e. The van der Waals surface area contributed by atoms with Gasteiger partial charge in [0.05, 0.1) is 25.9 Å². The number of rotatable bonds is 14. The van der Waals surface area contributed by atoms with E-state index in [1.54, 1.807) is 0 Å². The highest BCUT2D eigenvalue weighted by molar-refractivity contribution is 5.76. The van der Waals surface area contributed by atoms with Crippen LogP contribution in [0.5, 0.6) is 0 Å². The van der Waals surface area contributed by atoms with Crippen molar-refractivity contribution in [1.82, 2.24) is 10.6 Å². The first-order valence-electron chi connectivity index (χ1n) is 9.69. The maximum absolute atomic E-state index is 12.1. The minimum atomic E-state index is -0.177. The fourth-order valence-electron chi connectivity index (χ4n) is 2.34. The summed E-state index contributed by atoms with van der Waals surface area (Å²) in [5.74, 6) is 0.0562. The maximum atomic E-state index is 12.1. The van der Waals surface area contributed by atoms with E-state index in [-0.39, 0.29) is 22.8 Å². The SMILES string of the molecule is CCC(C)(CNC(C)C)COCC(C)(C)CC(=O)NCCOC(C)C. The first kappa shape index (κ1) is 24.4. The van der Waals surface area contributed by atoms with Crippen LogP contribution < -0.4 is 10.6 Å². The first-order valence-corrected chi connectivity index (χ1v) is 9.69. The summed E-state index contributed by atoms with van der Waals surface area (Å²) in [6.45, 7) is 20.2. The van der Waals surface area contributed by atoms with Crippen molar-refractivity contribution in [3.8, 4) is 0 Å². The Balaban J connectivity index is 4.14. The Labute approximate surface area is 155 Å². The molecule has 0 saturated heterocycles. The van der Waals surface area contributed by atoms with Gasteiger partial charge in [0.2, 0.25) is 5.91 Å². The Morgan fingerprint density at radius 1 is 1.08 bits per heavy atom. The molecule has 0 aromatic rings. The van der Waals surface area contributed by atoms with Crippen LogP contribution in [-0.2, 0) is 14.3 Å². The lowest BCUT2D eigenvalue weighted by atomic mass is 9.87. The van der Waals surface area contributed by atoms with Crippen LogP contribution in [-0.4, -0.2) is 51.0 Å². The Kier molecular flexibility index (Phi) is 11.6. The molecule has 0 bridgehead atoms. The van der Waals surface area contributed by atoms with Crippen molar-refractivity contribution in [3.05, 3.63) is 0 Å². The second-order valence-corrected chi connectivity index (χ2v) is 8.80. The molecule has 5 nitrogen and oxygen atoms in total. The molecule has 0 rings (SSSR count). The van der Waals surface area contributed by atoms with Gasteiger partial charge >= 0.3 is 0 Å². The predicted molar refractivity (Wildman–Crippen MR) is 105 cm³/mol. The van der Waals surface area contributed by atoms with E-state index >= 15 is 0 Å². The van der Waals surface area contributed by atoms with Gasteiger partial charge in [0.25, 0.3) is 0 Å². The molecular weight excluding hydrogens is 316 g/mol. The van der Waals surface area contributed by atoms with Crippen molar-refractivity contribution >= 4 is 5.91 Å². The smallest absolute Gasteiger partial charge is 0.220 e. The number of carbonyl (C=O) groups is 1. The largest absolute Gasteiger partial charge is 0.380 e. The molecule has 0 radical (unpaired) electrons. The summed E-state index contributed by atoms with van der Waals surface area (Å²) in [5.41, 5.74) is -0.0556. The number of amides is 1. The lowest BCUT2D eigenvalue weighted by Gasteiger charge is -2.32. The van der Waals surface area contributed by atoms with E-state index in [9.17, 15) is 4.79 Å². The molecule has 1 atom stereocenters. The van der Waals surface area contributed by atoms with E-state index in [0.717, 1.165) is 13.0 Å². The second kappa shape index (κ2) is 11.9. The van der Waals surface area contributed by atoms with Crippen molar-refractivity contribution < 1.29 is 14.3 Å². The summed E-state index contributed by atoms with van der Waals surface area (Å²) in [6.07, 6.45) is 1.71. The average Bonchev–Trinajstić information content (AvgIpc) is 2.48. The van der Waals surface area contributed by atoms with Gasteiger partial charge < -0.3 is 20.1 Å². The van der Waals surface area contributed by atoms with Gasteiger partial charge in [-0.3, -0.25) is 4.79 Å². The third-order valence-electron chi connectivity index (χ3n) is 4.25. The minimum absolute atomic E-state index is 0.0562. The van der Waals surface area contributed by atoms with Gasteiger partial charge in [-0.05, 0) is 25.7 Å². The van der Waals surface area contributed by atoms with Crippen LogP contribution >= 0.6 is 0 Å². The molecular formula is C20H42N2O3. The molecule has 5 heteroatoms. The molecule has 0 aliphatic carbocycles. The molecule has 0 saturated carbocycles. The van der Waals surface area contributed by atoms with Crippen LogP contribution in [0.4, 0.5) is 0 Å². The summed E-state index contributed by atoms with van der Waals surface area (Å²) in [4.78, 5) is 12.1. The molecule has 150 valence electrons. The van der Waals surface area contributed by atoms with Crippen LogP contribution in [0, 0.1) is 10.8 Å². The fraction of sp³-hybridized carbons (Fsp3) is 0.950. The molecule has 0 aromatic heterocycles. The fourth-order valence-corrected chi connectivity index (χ4v) is 2.34.